The number of hydrogen-bond donors (Lipinski definition) is 2. The number of hydrogen-bond acceptors (Lipinski definition) is 5. The number of nitrogens with two attached hydrogens (primary N) is 1. The number of anilines is 1. The summed E-state index contributed by atoms with van der Waals surface area (Å²) in [6.45, 7) is 3.07. The Morgan fingerprint density at radius 3 is 2.89 bits per heavy atom. The Morgan fingerprint density at radius 1 is 1.53 bits per heavy atom. The van der Waals surface area contributed by atoms with Gasteiger partial charge in [0.2, 0.25) is 0 Å². The van der Waals surface area contributed by atoms with E-state index in [9.17, 15) is 4.79 Å². The lowest BCUT2D eigenvalue weighted by Gasteiger charge is -2.03. The van der Waals surface area contributed by atoms with Gasteiger partial charge in [0.1, 0.15) is 12.2 Å². The number of carbonyl (C=O) groups excluding carboxylic acids is 1. The molecule has 2 heterocycles. The average molecular weight is 263 g/mol. The van der Waals surface area contributed by atoms with Crippen LogP contribution in [0.1, 0.15) is 23.2 Å². The monoisotopic (exact) mass is 263 g/mol. The molecule has 2 aromatic heterocycles. The molecule has 2 rings (SSSR count). The van der Waals surface area contributed by atoms with E-state index < -0.39 is 0 Å². The molecule has 0 radical (unpaired) electrons. The van der Waals surface area contributed by atoms with Gasteiger partial charge in [-0.05, 0) is 6.92 Å². The average Bonchev–Trinajstić information content (AvgIpc) is 2.96. The summed E-state index contributed by atoms with van der Waals surface area (Å²) in [6, 6.07) is 0. The smallest absolute Gasteiger partial charge is 0.273 e. The van der Waals surface area contributed by atoms with Crippen molar-refractivity contribution in [1.82, 2.24) is 29.9 Å². The maximum absolute atomic E-state index is 11.9. The maximum atomic E-state index is 11.9. The van der Waals surface area contributed by atoms with Crippen molar-refractivity contribution in [2.45, 2.75) is 19.9 Å². The third kappa shape index (κ3) is 2.90. The van der Waals surface area contributed by atoms with Crippen molar-refractivity contribution in [3.8, 4) is 0 Å². The molecule has 102 valence electrons. The van der Waals surface area contributed by atoms with Crippen molar-refractivity contribution in [1.29, 1.82) is 0 Å². The normalized spacial score (nSPS) is 10.6. The van der Waals surface area contributed by atoms with Gasteiger partial charge in [0.05, 0.1) is 5.69 Å². The second-order valence-electron chi connectivity index (χ2n) is 4.15. The van der Waals surface area contributed by atoms with Crippen LogP contribution in [0.2, 0.25) is 0 Å². The molecule has 0 unspecified atom stereocenters. The van der Waals surface area contributed by atoms with Gasteiger partial charge in [0.25, 0.3) is 5.91 Å². The van der Waals surface area contributed by atoms with Gasteiger partial charge < -0.3 is 15.6 Å². The van der Waals surface area contributed by atoms with Gasteiger partial charge in [0, 0.05) is 32.8 Å². The Bertz CT molecular complexity index is 571. The van der Waals surface area contributed by atoms with E-state index in [0.717, 1.165) is 5.82 Å². The largest absolute Gasteiger partial charge is 0.396 e. The molecule has 1 amide bonds. The maximum Gasteiger partial charge on any atom is 0.273 e. The van der Waals surface area contributed by atoms with Gasteiger partial charge in [0.15, 0.2) is 5.69 Å². The van der Waals surface area contributed by atoms with Crippen molar-refractivity contribution in [3.05, 3.63) is 24.0 Å². The summed E-state index contributed by atoms with van der Waals surface area (Å²) < 4.78 is 3.44. The molecule has 0 aliphatic carbocycles. The van der Waals surface area contributed by atoms with E-state index in [2.05, 4.69) is 20.6 Å². The number of carbonyl (C=O) groups is 1. The van der Waals surface area contributed by atoms with Crippen molar-refractivity contribution in [2.75, 3.05) is 12.3 Å². The van der Waals surface area contributed by atoms with Crippen LogP contribution in [0.25, 0.3) is 0 Å². The van der Waals surface area contributed by atoms with Crippen LogP contribution in [0, 0.1) is 0 Å². The van der Waals surface area contributed by atoms with E-state index in [-0.39, 0.29) is 11.6 Å². The lowest BCUT2D eigenvalue weighted by Crippen LogP contribution is -2.27. The molecular formula is C11H17N7O. The summed E-state index contributed by atoms with van der Waals surface area (Å²) in [4.78, 5) is 11.9. The summed E-state index contributed by atoms with van der Waals surface area (Å²) in [6.07, 6.45) is 3.88. The van der Waals surface area contributed by atoms with Crippen LogP contribution < -0.4 is 11.1 Å². The van der Waals surface area contributed by atoms with Crippen molar-refractivity contribution in [2.24, 2.45) is 7.05 Å². The second kappa shape index (κ2) is 5.51. The highest BCUT2D eigenvalue weighted by Crippen LogP contribution is 2.08. The molecule has 2 aromatic rings. The summed E-state index contributed by atoms with van der Waals surface area (Å²) in [5.41, 5.74) is 6.39. The van der Waals surface area contributed by atoms with Crippen molar-refractivity contribution >= 4 is 11.6 Å². The quantitative estimate of drug-likeness (QED) is 0.763. The summed E-state index contributed by atoms with van der Waals surface area (Å²) >= 11 is 0. The predicted octanol–water partition coefficient (Wildman–Crippen LogP) is -0.414. The van der Waals surface area contributed by atoms with E-state index >= 15 is 0 Å². The second-order valence-corrected chi connectivity index (χ2v) is 4.15. The number of nitrogen functional groups attached to an aromatic ring is 1. The van der Waals surface area contributed by atoms with E-state index in [4.69, 9.17) is 5.73 Å². The zero-order chi connectivity index (χ0) is 13.8. The number of aromatic nitrogens is 5. The molecule has 0 spiro atoms. The predicted molar refractivity (Wildman–Crippen MR) is 69.4 cm³/mol. The van der Waals surface area contributed by atoms with Crippen LogP contribution in [-0.2, 0) is 20.0 Å². The first-order valence-corrected chi connectivity index (χ1v) is 6.05. The molecular weight excluding hydrogens is 246 g/mol. The Balaban J connectivity index is 1.90. The fourth-order valence-electron chi connectivity index (χ4n) is 1.68. The summed E-state index contributed by atoms with van der Waals surface area (Å²) in [5.74, 6) is 0.541. The number of aryl methyl sites for hydroxylation is 2. The number of nitrogens with one attached hydrogen (secondary N) is 1. The van der Waals surface area contributed by atoms with Crippen LogP contribution in [-0.4, -0.2) is 37.0 Å². The van der Waals surface area contributed by atoms with E-state index in [1.54, 1.807) is 17.2 Å². The van der Waals surface area contributed by atoms with Crippen molar-refractivity contribution in [3.63, 3.8) is 0 Å². The molecule has 0 saturated carbocycles. The van der Waals surface area contributed by atoms with Gasteiger partial charge in [-0.15, -0.1) is 10.2 Å². The lowest BCUT2D eigenvalue weighted by molar-refractivity contribution is 0.0949. The van der Waals surface area contributed by atoms with E-state index in [0.29, 0.717) is 25.2 Å². The molecule has 8 heteroatoms. The first kappa shape index (κ1) is 13.1. The molecule has 19 heavy (non-hydrogen) atoms. The Hall–Kier alpha value is -2.38. The topological polar surface area (TPSA) is 104 Å². The highest BCUT2D eigenvalue weighted by Gasteiger charge is 2.14. The minimum atomic E-state index is -0.271. The molecule has 0 aromatic carbocycles. The van der Waals surface area contributed by atoms with Crippen LogP contribution in [0.15, 0.2) is 12.5 Å². The van der Waals surface area contributed by atoms with Crippen LogP contribution in [0.5, 0.6) is 0 Å². The molecule has 0 aliphatic heterocycles. The third-order valence-electron chi connectivity index (χ3n) is 2.77. The van der Waals surface area contributed by atoms with Crippen LogP contribution in [0.3, 0.4) is 0 Å². The SMILES string of the molecule is CCn1cc(N)c(C(=O)NCCc2nncn2C)n1. The highest BCUT2D eigenvalue weighted by atomic mass is 16.1. The molecule has 0 bridgehead atoms. The van der Waals surface area contributed by atoms with Gasteiger partial charge >= 0.3 is 0 Å². The minimum Gasteiger partial charge on any atom is -0.396 e. The molecule has 3 N–H and O–H groups in total. The van der Waals surface area contributed by atoms with Gasteiger partial charge in [-0.3, -0.25) is 9.48 Å². The molecule has 0 aliphatic rings. The number of rotatable bonds is 5. The zero-order valence-electron chi connectivity index (χ0n) is 11.0. The van der Waals surface area contributed by atoms with Gasteiger partial charge in [-0.1, -0.05) is 0 Å². The molecule has 8 nitrogen and oxygen atoms in total. The molecule has 0 atom stereocenters. The fourth-order valence-corrected chi connectivity index (χ4v) is 1.68. The third-order valence-corrected chi connectivity index (χ3v) is 2.77. The van der Waals surface area contributed by atoms with E-state index in [1.807, 2.05) is 18.5 Å². The summed E-state index contributed by atoms with van der Waals surface area (Å²) in [7, 11) is 1.86. The van der Waals surface area contributed by atoms with Crippen LogP contribution >= 0.6 is 0 Å². The minimum absolute atomic E-state index is 0.264. The molecule has 0 saturated heterocycles. The Kier molecular flexibility index (Phi) is 3.79. The molecule has 0 fully saturated rings. The fraction of sp³-hybridized carbons (Fsp3) is 0.455. The first-order valence-electron chi connectivity index (χ1n) is 6.05. The Labute approximate surface area is 110 Å². The lowest BCUT2D eigenvalue weighted by atomic mass is 10.3. The number of amides is 1. The van der Waals surface area contributed by atoms with Gasteiger partial charge in [-0.25, -0.2) is 0 Å². The zero-order valence-corrected chi connectivity index (χ0v) is 11.0. The van der Waals surface area contributed by atoms with Gasteiger partial charge in [-0.2, -0.15) is 5.10 Å². The Morgan fingerprint density at radius 2 is 2.32 bits per heavy atom. The van der Waals surface area contributed by atoms with E-state index in [1.165, 1.54) is 0 Å². The standard InChI is InChI=1S/C11H17N7O/c1-3-18-6-8(12)10(16-18)11(19)13-5-4-9-15-14-7-17(9)2/h6-7H,3-5,12H2,1-2H3,(H,13,19). The highest BCUT2D eigenvalue weighted by molar-refractivity contribution is 5.96. The van der Waals surface area contributed by atoms with Crippen LogP contribution in [0.4, 0.5) is 5.69 Å². The first-order chi connectivity index (χ1) is 9.11. The van der Waals surface area contributed by atoms with Crippen molar-refractivity contribution < 1.29 is 4.79 Å². The summed E-state index contributed by atoms with van der Waals surface area (Å²) in [5, 5.41) is 14.6. The number of nitrogens with zero attached hydrogens (tertiary/aromatic N) is 5.